The molecule has 0 fully saturated rings. The zero-order valence-corrected chi connectivity index (χ0v) is 12.5. The van der Waals surface area contributed by atoms with Crippen molar-refractivity contribution in [3.8, 4) is 5.88 Å². The fraction of sp³-hybridized carbons (Fsp3) is 0.294. The Hall–Kier alpha value is -2.40. The van der Waals surface area contributed by atoms with Gasteiger partial charge in [0.05, 0.1) is 6.61 Å². The van der Waals surface area contributed by atoms with Crippen molar-refractivity contribution >= 4 is 5.91 Å². The minimum Gasteiger partial charge on any atom is -0.477 e. The van der Waals surface area contributed by atoms with Gasteiger partial charge in [0.2, 0.25) is 5.88 Å². The Morgan fingerprint density at radius 1 is 1.27 bits per heavy atom. The van der Waals surface area contributed by atoms with Crippen LogP contribution in [0.1, 0.15) is 30.6 Å². The van der Waals surface area contributed by atoms with Gasteiger partial charge in [0.15, 0.2) is 6.10 Å². The van der Waals surface area contributed by atoms with E-state index < -0.39 is 12.0 Å². The molecule has 1 amide bonds. The van der Waals surface area contributed by atoms with Crippen LogP contribution in [-0.2, 0) is 11.3 Å². The van der Waals surface area contributed by atoms with Gasteiger partial charge < -0.3 is 15.2 Å². The highest BCUT2D eigenvalue weighted by atomic mass is 16.5. The SMILES string of the molecule is CCCOc1ncccc1CNC(=O)C(O)c1ccccc1. The number of benzene rings is 1. The summed E-state index contributed by atoms with van der Waals surface area (Å²) in [4.78, 5) is 16.2. The van der Waals surface area contributed by atoms with E-state index in [1.165, 1.54) is 0 Å². The van der Waals surface area contributed by atoms with E-state index in [1.807, 2.05) is 19.1 Å². The lowest BCUT2D eigenvalue weighted by atomic mass is 10.1. The minimum absolute atomic E-state index is 0.260. The van der Waals surface area contributed by atoms with Crippen molar-refractivity contribution < 1.29 is 14.6 Å². The van der Waals surface area contributed by atoms with Crippen molar-refractivity contribution in [2.75, 3.05) is 6.61 Å². The minimum atomic E-state index is -1.18. The number of rotatable bonds is 7. The van der Waals surface area contributed by atoms with E-state index in [0.717, 1.165) is 12.0 Å². The number of amides is 1. The largest absolute Gasteiger partial charge is 0.477 e. The number of carbonyl (C=O) groups is 1. The van der Waals surface area contributed by atoms with Gasteiger partial charge in [-0.2, -0.15) is 0 Å². The Morgan fingerprint density at radius 3 is 2.77 bits per heavy atom. The number of carbonyl (C=O) groups excluding carboxylic acids is 1. The van der Waals surface area contributed by atoms with Crippen LogP contribution in [0, 0.1) is 0 Å². The highest BCUT2D eigenvalue weighted by Crippen LogP contribution is 2.16. The fourth-order valence-corrected chi connectivity index (χ4v) is 1.95. The standard InChI is InChI=1S/C17H20N2O3/c1-2-11-22-17-14(9-6-10-18-17)12-19-16(21)15(20)13-7-4-3-5-8-13/h3-10,15,20H,2,11-12H2,1H3,(H,19,21). The van der Waals surface area contributed by atoms with E-state index in [2.05, 4.69) is 10.3 Å². The van der Waals surface area contributed by atoms with E-state index >= 15 is 0 Å². The molecule has 0 aliphatic carbocycles. The first-order valence-electron chi connectivity index (χ1n) is 7.29. The molecule has 0 aliphatic heterocycles. The quantitative estimate of drug-likeness (QED) is 0.822. The summed E-state index contributed by atoms with van der Waals surface area (Å²) >= 11 is 0. The maximum atomic E-state index is 12.0. The Kier molecular flexibility index (Phi) is 5.91. The Bertz CT molecular complexity index is 602. The van der Waals surface area contributed by atoms with Gasteiger partial charge in [0.1, 0.15) is 0 Å². The first-order chi connectivity index (χ1) is 10.7. The van der Waals surface area contributed by atoms with Gasteiger partial charge in [-0.25, -0.2) is 4.98 Å². The molecule has 1 aromatic carbocycles. The van der Waals surface area contributed by atoms with Crippen molar-refractivity contribution in [3.63, 3.8) is 0 Å². The summed E-state index contributed by atoms with van der Waals surface area (Å²) in [6, 6.07) is 12.4. The highest BCUT2D eigenvalue weighted by Gasteiger charge is 2.17. The first kappa shape index (κ1) is 16.0. The molecule has 0 aliphatic rings. The van der Waals surface area contributed by atoms with Gasteiger partial charge in [0, 0.05) is 18.3 Å². The van der Waals surface area contributed by atoms with Crippen molar-refractivity contribution in [1.82, 2.24) is 10.3 Å². The Balaban J connectivity index is 1.96. The van der Waals surface area contributed by atoms with Crippen molar-refractivity contribution in [2.45, 2.75) is 26.0 Å². The van der Waals surface area contributed by atoms with Gasteiger partial charge in [-0.1, -0.05) is 43.3 Å². The average Bonchev–Trinajstić information content (AvgIpc) is 2.58. The van der Waals surface area contributed by atoms with E-state index in [-0.39, 0.29) is 6.54 Å². The van der Waals surface area contributed by atoms with Crippen LogP contribution in [0.15, 0.2) is 48.7 Å². The molecule has 1 atom stereocenters. The molecule has 0 saturated carbocycles. The summed E-state index contributed by atoms with van der Waals surface area (Å²) in [5, 5.41) is 12.7. The summed E-state index contributed by atoms with van der Waals surface area (Å²) in [6.07, 6.45) is 1.35. The lowest BCUT2D eigenvalue weighted by Crippen LogP contribution is -2.29. The lowest BCUT2D eigenvalue weighted by molar-refractivity contribution is -0.129. The molecule has 5 heteroatoms. The van der Waals surface area contributed by atoms with E-state index in [1.54, 1.807) is 36.5 Å². The summed E-state index contributed by atoms with van der Waals surface area (Å²) in [6.45, 7) is 2.85. The third-order valence-corrected chi connectivity index (χ3v) is 3.11. The van der Waals surface area contributed by atoms with Crippen LogP contribution in [0.5, 0.6) is 5.88 Å². The second-order valence-electron chi connectivity index (χ2n) is 4.85. The van der Waals surface area contributed by atoms with Crippen LogP contribution >= 0.6 is 0 Å². The van der Waals surface area contributed by atoms with Gasteiger partial charge in [-0.05, 0) is 18.1 Å². The van der Waals surface area contributed by atoms with Crippen LogP contribution in [0.25, 0.3) is 0 Å². The number of nitrogens with one attached hydrogen (secondary N) is 1. The zero-order valence-electron chi connectivity index (χ0n) is 12.5. The molecule has 2 N–H and O–H groups in total. The number of ether oxygens (including phenoxy) is 1. The number of aromatic nitrogens is 1. The molecular formula is C17H20N2O3. The van der Waals surface area contributed by atoms with Gasteiger partial charge >= 0.3 is 0 Å². The van der Waals surface area contributed by atoms with Crippen LogP contribution in [0.3, 0.4) is 0 Å². The molecule has 22 heavy (non-hydrogen) atoms. The van der Waals surface area contributed by atoms with Crippen molar-refractivity contribution in [2.24, 2.45) is 0 Å². The summed E-state index contributed by atoms with van der Waals surface area (Å²) in [7, 11) is 0. The second kappa shape index (κ2) is 8.14. The number of nitrogens with zero attached hydrogens (tertiary/aromatic N) is 1. The van der Waals surface area contributed by atoms with Crippen molar-refractivity contribution in [3.05, 3.63) is 59.8 Å². The zero-order chi connectivity index (χ0) is 15.8. The third kappa shape index (κ3) is 4.30. The molecule has 2 aromatic rings. The fourth-order valence-electron chi connectivity index (χ4n) is 1.95. The molecule has 2 rings (SSSR count). The predicted octanol–water partition coefficient (Wildman–Crippen LogP) is 2.22. The predicted molar refractivity (Wildman–Crippen MR) is 83.3 cm³/mol. The molecule has 1 unspecified atom stereocenters. The van der Waals surface area contributed by atoms with E-state index in [4.69, 9.17) is 4.74 Å². The van der Waals surface area contributed by atoms with Crippen LogP contribution < -0.4 is 10.1 Å². The normalized spacial score (nSPS) is 11.7. The molecule has 0 saturated heterocycles. The second-order valence-corrected chi connectivity index (χ2v) is 4.85. The highest BCUT2D eigenvalue weighted by molar-refractivity contribution is 5.81. The lowest BCUT2D eigenvalue weighted by Gasteiger charge is -2.13. The summed E-state index contributed by atoms with van der Waals surface area (Å²) in [5.74, 6) is 0.0651. The average molecular weight is 300 g/mol. The summed E-state index contributed by atoms with van der Waals surface area (Å²) in [5.41, 5.74) is 1.35. The molecule has 1 aromatic heterocycles. The van der Waals surface area contributed by atoms with Crippen LogP contribution in [0.2, 0.25) is 0 Å². The first-order valence-corrected chi connectivity index (χ1v) is 7.29. The van der Waals surface area contributed by atoms with Crippen molar-refractivity contribution in [1.29, 1.82) is 0 Å². The monoisotopic (exact) mass is 300 g/mol. The maximum Gasteiger partial charge on any atom is 0.253 e. The Morgan fingerprint density at radius 2 is 2.05 bits per heavy atom. The molecule has 5 nitrogen and oxygen atoms in total. The summed E-state index contributed by atoms with van der Waals surface area (Å²) < 4.78 is 5.54. The number of hydrogen-bond donors (Lipinski definition) is 2. The molecule has 0 bridgehead atoms. The maximum absolute atomic E-state index is 12.0. The number of aliphatic hydroxyl groups excluding tert-OH is 1. The number of hydrogen-bond acceptors (Lipinski definition) is 4. The topological polar surface area (TPSA) is 71.5 Å². The number of pyridine rings is 1. The van der Waals surface area contributed by atoms with E-state index in [9.17, 15) is 9.90 Å². The van der Waals surface area contributed by atoms with Gasteiger partial charge in [-0.15, -0.1) is 0 Å². The molecule has 0 spiro atoms. The molecular weight excluding hydrogens is 280 g/mol. The van der Waals surface area contributed by atoms with Crippen LogP contribution in [0.4, 0.5) is 0 Å². The number of aliphatic hydroxyl groups is 1. The van der Waals surface area contributed by atoms with Crippen LogP contribution in [-0.4, -0.2) is 22.6 Å². The Labute approximate surface area is 130 Å². The van der Waals surface area contributed by atoms with Gasteiger partial charge in [0.25, 0.3) is 5.91 Å². The smallest absolute Gasteiger partial charge is 0.253 e. The molecule has 1 heterocycles. The molecule has 0 radical (unpaired) electrons. The van der Waals surface area contributed by atoms with Gasteiger partial charge in [-0.3, -0.25) is 4.79 Å². The molecule has 116 valence electrons. The van der Waals surface area contributed by atoms with E-state index in [0.29, 0.717) is 18.1 Å². The third-order valence-electron chi connectivity index (χ3n) is 3.11.